The highest BCUT2D eigenvalue weighted by molar-refractivity contribution is 5.99. The van der Waals surface area contributed by atoms with E-state index in [1.807, 2.05) is 6.07 Å². The molecule has 0 aliphatic heterocycles. The van der Waals surface area contributed by atoms with E-state index in [1.54, 1.807) is 24.3 Å². The zero-order valence-corrected chi connectivity index (χ0v) is 10.3. The van der Waals surface area contributed by atoms with Gasteiger partial charge in [-0.25, -0.2) is 8.78 Å². The van der Waals surface area contributed by atoms with Gasteiger partial charge in [0.25, 0.3) is 0 Å². The number of hydrogen-bond acceptors (Lipinski definition) is 3. The summed E-state index contributed by atoms with van der Waals surface area (Å²) in [5.41, 5.74) is 0.755. The number of ether oxygens (including phenoxy) is 1. The lowest BCUT2D eigenvalue weighted by Crippen LogP contribution is -2.37. The molecule has 102 valence electrons. The summed E-state index contributed by atoms with van der Waals surface area (Å²) in [4.78, 5) is 23.2. The van der Waals surface area contributed by atoms with Gasteiger partial charge >= 0.3 is 5.97 Å². The molecule has 3 nitrogen and oxygen atoms in total. The number of ketones is 1. The van der Waals surface area contributed by atoms with Crippen molar-refractivity contribution in [1.29, 1.82) is 0 Å². The van der Waals surface area contributed by atoms with Crippen LogP contribution >= 0.6 is 0 Å². The summed E-state index contributed by atoms with van der Waals surface area (Å²) in [7, 11) is 0. The molecule has 1 aliphatic carbocycles. The van der Waals surface area contributed by atoms with Gasteiger partial charge in [0, 0.05) is 19.3 Å². The van der Waals surface area contributed by atoms with E-state index >= 15 is 0 Å². The van der Waals surface area contributed by atoms with Gasteiger partial charge in [-0.15, -0.1) is 0 Å². The molecule has 0 bridgehead atoms. The third kappa shape index (κ3) is 3.59. The molecule has 0 amide bonds. The van der Waals surface area contributed by atoms with Gasteiger partial charge in [0.1, 0.15) is 18.3 Å². The first-order chi connectivity index (χ1) is 8.98. The van der Waals surface area contributed by atoms with Crippen LogP contribution in [0.2, 0.25) is 0 Å². The molecule has 2 rings (SSSR count). The predicted octanol–water partition coefficient (Wildman–Crippen LogP) is 2.73. The second kappa shape index (κ2) is 5.47. The third-order valence-corrected chi connectivity index (χ3v) is 3.14. The molecule has 1 unspecified atom stereocenters. The van der Waals surface area contributed by atoms with E-state index in [9.17, 15) is 18.4 Å². The Hall–Kier alpha value is -1.78. The summed E-state index contributed by atoms with van der Waals surface area (Å²) in [6, 6.07) is 8.89. The molecule has 1 atom stereocenters. The number of carbonyl (C=O) groups excluding carboxylic acids is 2. The van der Waals surface area contributed by atoms with Crippen LogP contribution in [-0.4, -0.2) is 17.7 Å². The summed E-state index contributed by atoms with van der Waals surface area (Å²) in [5, 5.41) is 0. The third-order valence-electron chi connectivity index (χ3n) is 3.14. The van der Waals surface area contributed by atoms with Gasteiger partial charge in [-0.1, -0.05) is 30.3 Å². The minimum atomic E-state index is -2.95. The van der Waals surface area contributed by atoms with Crippen LogP contribution in [0, 0.1) is 5.92 Å². The Morgan fingerprint density at radius 1 is 1.32 bits per heavy atom. The first-order valence-corrected chi connectivity index (χ1v) is 6.09. The zero-order valence-electron chi connectivity index (χ0n) is 10.3. The molecule has 1 aliphatic rings. The van der Waals surface area contributed by atoms with Crippen LogP contribution in [0.4, 0.5) is 8.78 Å². The van der Waals surface area contributed by atoms with E-state index in [0.717, 1.165) is 5.56 Å². The fourth-order valence-electron chi connectivity index (χ4n) is 2.04. The minimum Gasteiger partial charge on any atom is -0.460 e. The van der Waals surface area contributed by atoms with E-state index in [4.69, 9.17) is 4.74 Å². The van der Waals surface area contributed by atoms with Gasteiger partial charge in [-0.2, -0.15) is 0 Å². The lowest BCUT2D eigenvalue weighted by molar-refractivity contribution is -0.161. The highest BCUT2D eigenvalue weighted by Crippen LogP contribution is 2.35. The van der Waals surface area contributed by atoms with Gasteiger partial charge in [0.2, 0.25) is 5.92 Å². The van der Waals surface area contributed by atoms with Crippen molar-refractivity contribution in [3.05, 3.63) is 35.9 Å². The van der Waals surface area contributed by atoms with Gasteiger partial charge in [0.15, 0.2) is 0 Å². The molecule has 0 saturated heterocycles. The van der Waals surface area contributed by atoms with Crippen molar-refractivity contribution in [2.75, 3.05) is 0 Å². The Kier molecular flexibility index (Phi) is 3.93. The number of carbonyl (C=O) groups is 2. The summed E-state index contributed by atoms with van der Waals surface area (Å²) in [6.45, 7) is -0.00494. The van der Waals surface area contributed by atoms with E-state index in [0.29, 0.717) is 0 Å². The van der Waals surface area contributed by atoms with Crippen LogP contribution in [0.1, 0.15) is 24.8 Å². The second-order valence-electron chi connectivity index (χ2n) is 4.67. The Balaban J connectivity index is 1.94. The molecule has 1 aromatic rings. The van der Waals surface area contributed by atoms with Crippen molar-refractivity contribution < 1.29 is 23.1 Å². The number of esters is 1. The van der Waals surface area contributed by atoms with Crippen molar-refractivity contribution in [3.8, 4) is 0 Å². The predicted molar refractivity (Wildman–Crippen MR) is 63.5 cm³/mol. The van der Waals surface area contributed by atoms with Crippen LogP contribution in [0.25, 0.3) is 0 Å². The Morgan fingerprint density at radius 2 is 2.00 bits per heavy atom. The molecule has 0 spiro atoms. The van der Waals surface area contributed by atoms with E-state index in [-0.39, 0.29) is 13.0 Å². The van der Waals surface area contributed by atoms with Crippen molar-refractivity contribution in [3.63, 3.8) is 0 Å². The normalized spacial score (nSPS) is 22.0. The number of rotatable bonds is 3. The first-order valence-electron chi connectivity index (χ1n) is 6.09. The molecule has 0 heterocycles. The summed E-state index contributed by atoms with van der Waals surface area (Å²) in [5.74, 6) is -5.59. The molecule has 19 heavy (non-hydrogen) atoms. The maximum atomic E-state index is 13.2. The van der Waals surface area contributed by atoms with Gasteiger partial charge in [-0.05, 0) is 5.56 Å². The minimum absolute atomic E-state index is 0.00494. The summed E-state index contributed by atoms with van der Waals surface area (Å²) >= 11 is 0. The topological polar surface area (TPSA) is 43.4 Å². The Bertz CT molecular complexity index is 471. The van der Waals surface area contributed by atoms with Crippen LogP contribution in [-0.2, 0) is 20.9 Å². The smallest absolute Gasteiger partial charge is 0.317 e. The van der Waals surface area contributed by atoms with Crippen LogP contribution < -0.4 is 0 Å². The fraction of sp³-hybridized carbons (Fsp3) is 0.429. The zero-order chi connectivity index (χ0) is 13.9. The largest absolute Gasteiger partial charge is 0.460 e. The average molecular weight is 268 g/mol. The number of benzene rings is 1. The standard InChI is InChI=1S/C14H14F2O3/c15-14(16)7-6-12(17)11(8-14)13(18)19-9-10-4-2-1-3-5-10/h1-5,11H,6-9H2. The van der Waals surface area contributed by atoms with Crippen LogP contribution in [0.3, 0.4) is 0 Å². The van der Waals surface area contributed by atoms with Gasteiger partial charge in [0.05, 0.1) is 0 Å². The van der Waals surface area contributed by atoms with Crippen molar-refractivity contribution in [2.24, 2.45) is 5.92 Å². The number of halogens is 2. The highest BCUT2D eigenvalue weighted by atomic mass is 19.3. The van der Waals surface area contributed by atoms with Crippen molar-refractivity contribution >= 4 is 11.8 Å². The quantitative estimate of drug-likeness (QED) is 0.625. The van der Waals surface area contributed by atoms with E-state index < -0.39 is 36.4 Å². The lowest BCUT2D eigenvalue weighted by Gasteiger charge is -2.26. The molecule has 1 fully saturated rings. The van der Waals surface area contributed by atoms with Gasteiger partial charge in [-0.3, -0.25) is 9.59 Å². The molecule has 5 heteroatoms. The molecular weight excluding hydrogens is 254 g/mol. The number of alkyl halides is 2. The van der Waals surface area contributed by atoms with Crippen LogP contribution in [0.5, 0.6) is 0 Å². The van der Waals surface area contributed by atoms with Crippen molar-refractivity contribution in [2.45, 2.75) is 31.8 Å². The SMILES string of the molecule is O=C1CCC(F)(F)CC1C(=O)OCc1ccccc1. The maximum absolute atomic E-state index is 13.2. The Morgan fingerprint density at radius 3 is 2.68 bits per heavy atom. The van der Waals surface area contributed by atoms with Gasteiger partial charge < -0.3 is 4.74 Å². The summed E-state index contributed by atoms with van der Waals surface area (Å²) in [6.07, 6.45) is -1.48. The molecule has 0 aromatic heterocycles. The van der Waals surface area contributed by atoms with Crippen molar-refractivity contribution in [1.82, 2.24) is 0 Å². The Labute approximate surface area is 109 Å². The average Bonchev–Trinajstić information content (AvgIpc) is 2.40. The molecule has 0 radical (unpaired) electrons. The second-order valence-corrected chi connectivity index (χ2v) is 4.67. The maximum Gasteiger partial charge on any atom is 0.317 e. The molecule has 1 saturated carbocycles. The summed E-state index contributed by atoms with van der Waals surface area (Å²) < 4.78 is 31.3. The van der Waals surface area contributed by atoms with E-state index in [1.165, 1.54) is 0 Å². The molecule has 1 aromatic carbocycles. The number of Topliss-reactive ketones (excluding diaryl/α,β-unsaturated/α-hetero) is 1. The lowest BCUT2D eigenvalue weighted by atomic mass is 9.85. The monoisotopic (exact) mass is 268 g/mol. The first kappa shape index (κ1) is 13.6. The van der Waals surface area contributed by atoms with E-state index in [2.05, 4.69) is 0 Å². The molecule has 0 N–H and O–H groups in total. The number of hydrogen-bond donors (Lipinski definition) is 0. The molecular formula is C14H14F2O3. The van der Waals surface area contributed by atoms with Crippen LogP contribution in [0.15, 0.2) is 30.3 Å². The highest BCUT2D eigenvalue weighted by Gasteiger charge is 2.44. The fourth-order valence-corrected chi connectivity index (χ4v) is 2.04.